The van der Waals surface area contributed by atoms with Crippen LogP contribution in [0.15, 0.2) is 0 Å². The van der Waals surface area contributed by atoms with Gasteiger partial charge < -0.3 is 74.9 Å². The monoisotopic (exact) mass is 570 g/mol. The molecule has 3 unspecified atom stereocenters. The van der Waals surface area contributed by atoms with Gasteiger partial charge in [0, 0.05) is 0 Å². The van der Waals surface area contributed by atoms with Crippen LogP contribution in [0, 0.1) is 0 Å². The molecule has 2 heterocycles. The van der Waals surface area contributed by atoms with Crippen LogP contribution in [0.2, 0.25) is 0 Å². The average molecular weight is 570 g/mol. The molecule has 18 nitrogen and oxygen atoms in total. The van der Waals surface area contributed by atoms with Gasteiger partial charge in [-0.1, -0.05) is 0 Å². The van der Waals surface area contributed by atoms with E-state index < -0.39 is 121 Å². The van der Waals surface area contributed by atoms with Crippen LogP contribution in [0.25, 0.3) is 0 Å². The molecule has 0 radical (unpaired) electrons. The Bertz CT molecular complexity index is 716. The fourth-order valence-electron chi connectivity index (χ4n) is 3.27. The quantitative estimate of drug-likeness (QED) is 0.0865. The van der Waals surface area contributed by atoms with E-state index in [1.807, 2.05) is 0 Å². The second-order valence-electron chi connectivity index (χ2n) is 8.43. The van der Waals surface area contributed by atoms with Gasteiger partial charge in [0.05, 0.1) is 39.6 Å². The first-order valence-electron chi connectivity index (χ1n) is 11.1. The number of phosphoric acid groups is 1. The van der Waals surface area contributed by atoms with Gasteiger partial charge >= 0.3 is 7.82 Å². The number of hydrogen-bond acceptors (Lipinski definition) is 17. The van der Waals surface area contributed by atoms with E-state index in [-0.39, 0.29) is 0 Å². The summed E-state index contributed by atoms with van der Waals surface area (Å²) in [5.74, 6) is 0. The van der Waals surface area contributed by atoms with Crippen LogP contribution in [0.5, 0.6) is 0 Å². The standard InChI is InChI=1S/C18H35O18P/c19-1-7(21)3-31-17-15(27)13(25)11(23)9(35-17)5-32-18-16(28)14(26)12(24)10(36-18)6-34-37(29,30)33-4-8(22)2-20/h7-28H,1-6H2,(H,29,30)/t7?,8?,9-,10-,11-,12-,13+,14+,15-,16-,17-,18-/m1/s1. The van der Waals surface area contributed by atoms with Crippen LogP contribution in [0.1, 0.15) is 0 Å². The Kier molecular flexibility index (Phi) is 13.1. The minimum atomic E-state index is -4.79. The maximum absolute atomic E-state index is 11.9. The van der Waals surface area contributed by atoms with Gasteiger partial charge in [0.25, 0.3) is 0 Å². The number of aliphatic hydroxyl groups is 10. The lowest BCUT2D eigenvalue weighted by Crippen LogP contribution is -2.62. The summed E-state index contributed by atoms with van der Waals surface area (Å²) in [4.78, 5) is 9.64. The lowest BCUT2D eigenvalue weighted by atomic mass is 9.98. The van der Waals surface area contributed by atoms with Crippen molar-refractivity contribution in [3.05, 3.63) is 0 Å². The molecule has 0 aromatic carbocycles. The Balaban J connectivity index is 1.96. The first kappa shape index (κ1) is 32.8. The molecule has 0 aromatic rings. The van der Waals surface area contributed by atoms with Crippen molar-refractivity contribution >= 4 is 7.82 Å². The van der Waals surface area contributed by atoms with E-state index in [9.17, 15) is 50.3 Å². The van der Waals surface area contributed by atoms with E-state index in [1.54, 1.807) is 0 Å². The molecule has 13 atom stereocenters. The van der Waals surface area contributed by atoms with E-state index in [2.05, 4.69) is 9.05 Å². The number of ether oxygens (including phenoxy) is 4. The van der Waals surface area contributed by atoms with Crippen LogP contribution in [0.3, 0.4) is 0 Å². The van der Waals surface area contributed by atoms with Crippen LogP contribution in [-0.4, -0.2) is 169 Å². The molecule has 19 heteroatoms. The lowest BCUT2D eigenvalue weighted by Gasteiger charge is -2.43. The highest BCUT2D eigenvalue weighted by atomic mass is 31.2. The average Bonchev–Trinajstić information content (AvgIpc) is 2.88. The third kappa shape index (κ3) is 9.31. The van der Waals surface area contributed by atoms with Crippen molar-refractivity contribution in [3.8, 4) is 0 Å². The summed E-state index contributed by atoms with van der Waals surface area (Å²) >= 11 is 0. The predicted octanol–water partition coefficient (Wildman–Crippen LogP) is -6.53. The summed E-state index contributed by atoms with van der Waals surface area (Å²) in [5.41, 5.74) is 0. The van der Waals surface area contributed by atoms with Crippen LogP contribution in [-0.2, 0) is 32.6 Å². The maximum Gasteiger partial charge on any atom is 0.472 e. The van der Waals surface area contributed by atoms with Gasteiger partial charge in [-0.2, -0.15) is 0 Å². The highest BCUT2D eigenvalue weighted by Crippen LogP contribution is 2.44. The van der Waals surface area contributed by atoms with E-state index in [0.29, 0.717) is 0 Å². The van der Waals surface area contributed by atoms with Crippen molar-refractivity contribution in [2.24, 2.45) is 0 Å². The molecule has 0 aromatic heterocycles. The molecule has 220 valence electrons. The molecule has 2 aliphatic heterocycles. The van der Waals surface area contributed by atoms with E-state index in [1.165, 1.54) is 0 Å². The summed E-state index contributed by atoms with van der Waals surface area (Å²) in [6, 6.07) is 0. The van der Waals surface area contributed by atoms with Gasteiger partial charge in [-0.15, -0.1) is 0 Å². The zero-order valence-electron chi connectivity index (χ0n) is 19.4. The molecule has 11 N–H and O–H groups in total. The normalized spacial score (nSPS) is 40.2. The molecule has 0 saturated carbocycles. The number of phosphoric ester groups is 1. The summed E-state index contributed by atoms with van der Waals surface area (Å²) in [7, 11) is -4.79. The van der Waals surface area contributed by atoms with Gasteiger partial charge in [-0.05, 0) is 0 Å². The van der Waals surface area contributed by atoms with Crippen molar-refractivity contribution in [2.45, 2.75) is 73.6 Å². The zero-order chi connectivity index (χ0) is 27.9. The van der Waals surface area contributed by atoms with Crippen LogP contribution < -0.4 is 0 Å². The fraction of sp³-hybridized carbons (Fsp3) is 1.00. The number of rotatable bonds is 14. The zero-order valence-corrected chi connectivity index (χ0v) is 20.3. The summed E-state index contributed by atoms with van der Waals surface area (Å²) in [6.45, 7) is -4.13. The fourth-order valence-corrected chi connectivity index (χ4v) is 4.04. The van der Waals surface area contributed by atoms with E-state index in [4.69, 9.17) is 29.2 Å². The molecule has 0 bridgehead atoms. The molecule has 2 saturated heterocycles. The van der Waals surface area contributed by atoms with Gasteiger partial charge in [0.15, 0.2) is 12.6 Å². The number of hydrogen-bond donors (Lipinski definition) is 11. The topological polar surface area (TPSA) is 295 Å². The van der Waals surface area contributed by atoms with Gasteiger partial charge in [0.1, 0.15) is 61.0 Å². The van der Waals surface area contributed by atoms with Gasteiger partial charge in [0.2, 0.25) is 0 Å². The van der Waals surface area contributed by atoms with Crippen LogP contribution >= 0.6 is 7.82 Å². The lowest BCUT2D eigenvalue weighted by molar-refractivity contribution is -0.332. The Labute approximate surface area is 210 Å². The summed E-state index contributed by atoms with van der Waals surface area (Å²) < 4.78 is 42.0. The molecule has 2 rings (SSSR count). The van der Waals surface area contributed by atoms with Crippen LogP contribution in [0.4, 0.5) is 0 Å². The van der Waals surface area contributed by atoms with Gasteiger partial charge in [-0.25, -0.2) is 4.57 Å². The first-order valence-corrected chi connectivity index (χ1v) is 12.6. The highest BCUT2D eigenvalue weighted by molar-refractivity contribution is 7.47. The predicted molar refractivity (Wildman–Crippen MR) is 113 cm³/mol. The molecule has 0 aliphatic carbocycles. The first-order chi connectivity index (χ1) is 17.3. The maximum atomic E-state index is 11.9. The Morgan fingerprint density at radius 1 is 0.649 bits per heavy atom. The second kappa shape index (κ2) is 14.8. The van der Waals surface area contributed by atoms with Crippen molar-refractivity contribution < 1.29 is 88.5 Å². The second-order valence-corrected chi connectivity index (χ2v) is 9.88. The Morgan fingerprint density at radius 2 is 1.11 bits per heavy atom. The molecule has 0 amide bonds. The minimum Gasteiger partial charge on any atom is -0.394 e. The van der Waals surface area contributed by atoms with Gasteiger partial charge in [-0.3, -0.25) is 9.05 Å². The third-order valence-corrected chi connectivity index (χ3v) is 6.42. The molecule has 0 spiro atoms. The van der Waals surface area contributed by atoms with E-state index >= 15 is 0 Å². The number of aliphatic hydroxyl groups excluding tert-OH is 10. The van der Waals surface area contributed by atoms with Crippen molar-refractivity contribution in [3.63, 3.8) is 0 Å². The molecular formula is C18H35O18P. The largest absolute Gasteiger partial charge is 0.472 e. The molecular weight excluding hydrogens is 535 g/mol. The smallest absolute Gasteiger partial charge is 0.394 e. The SMILES string of the molecule is O=P(O)(OCC(O)CO)OC[C@H]1O[C@@H](OC[C@H]2O[C@@H](OCC(O)CO)[C@H](O)[C@@H](O)[C@@H]2O)[C@H](O)[C@@H](O)[C@@H]1O. The minimum absolute atomic E-state index is 0.484. The summed E-state index contributed by atoms with van der Waals surface area (Å²) in [6.07, 6.45) is -19.8. The van der Waals surface area contributed by atoms with Crippen molar-refractivity contribution in [1.29, 1.82) is 0 Å². The Morgan fingerprint density at radius 3 is 1.62 bits per heavy atom. The van der Waals surface area contributed by atoms with Crippen molar-refractivity contribution in [1.82, 2.24) is 0 Å². The van der Waals surface area contributed by atoms with Crippen molar-refractivity contribution in [2.75, 3.05) is 39.6 Å². The van der Waals surface area contributed by atoms with E-state index in [0.717, 1.165) is 0 Å². The molecule has 2 aliphatic rings. The Hall–Kier alpha value is -0.450. The third-order valence-electron chi connectivity index (χ3n) is 5.47. The highest BCUT2D eigenvalue weighted by Gasteiger charge is 2.48. The molecule has 2 fully saturated rings. The molecule has 37 heavy (non-hydrogen) atoms. The summed E-state index contributed by atoms with van der Waals surface area (Å²) in [5, 5.41) is 96.8.